The van der Waals surface area contributed by atoms with E-state index < -0.39 is 0 Å². The Morgan fingerprint density at radius 1 is 1.33 bits per heavy atom. The Labute approximate surface area is 76.4 Å². The van der Waals surface area contributed by atoms with Gasteiger partial charge in [0.1, 0.15) is 5.76 Å². The zero-order valence-corrected chi connectivity index (χ0v) is 8.63. The average molecular weight is 171 g/mol. The number of nitrogens with two attached hydrogens (primary N) is 1. The molecule has 2 N–H and O–H groups in total. The number of hydrogen-bond acceptors (Lipinski definition) is 2. The molecule has 0 aromatic carbocycles. The molecule has 0 aliphatic rings. The molecule has 72 valence electrons. The second-order valence-electron chi connectivity index (χ2n) is 1.58. The number of methoxy groups -OCH3 is 1. The SMILES string of the molecule is C=C(/C=C\C)OC.C=CC.CN. The smallest absolute Gasteiger partial charge is 0.111 e. The van der Waals surface area contributed by atoms with E-state index in [1.807, 2.05) is 19.9 Å². The van der Waals surface area contributed by atoms with E-state index in [0.717, 1.165) is 0 Å². The van der Waals surface area contributed by atoms with Crippen molar-refractivity contribution in [3.8, 4) is 0 Å². The molecule has 12 heavy (non-hydrogen) atoms. The summed E-state index contributed by atoms with van der Waals surface area (Å²) in [5, 5.41) is 0. The maximum Gasteiger partial charge on any atom is 0.111 e. The topological polar surface area (TPSA) is 35.2 Å². The van der Waals surface area contributed by atoms with Gasteiger partial charge in [0.05, 0.1) is 7.11 Å². The molecule has 0 radical (unpaired) electrons. The Balaban J connectivity index is -0.000000137. The predicted molar refractivity (Wildman–Crippen MR) is 56.9 cm³/mol. The fourth-order valence-electron chi connectivity index (χ4n) is 0.254. The zero-order chi connectivity index (χ0) is 10.4. The van der Waals surface area contributed by atoms with E-state index in [1.165, 1.54) is 7.05 Å². The van der Waals surface area contributed by atoms with E-state index in [4.69, 9.17) is 4.74 Å². The fraction of sp³-hybridized carbons (Fsp3) is 0.400. The van der Waals surface area contributed by atoms with E-state index in [0.29, 0.717) is 5.76 Å². The highest BCUT2D eigenvalue weighted by atomic mass is 16.5. The van der Waals surface area contributed by atoms with Gasteiger partial charge in [-0.25, -0.2) is 0 Å². The zero-order valence-electron chi connectivity index (χ0n) is 8.63. The van der Waals surface area contributed by atoms with Crippen LogP contribution in [-0.2, 0) is 4.74 Å². The van der Waals surface area contributed by atoms with Gasteiger partial charge in [0.2, 0.25) is 0 Å². The standard InChI is InChI=1S/C6H10O.C3H6.CH5N/c1-4-5-6(2)7-3;1-3-2;1-2/h4-5H,2H2,1,3H3;3H,1H2,2H3;2H2,1H3/b5-4-;;. The molecule has 0 rings (SSSR count). The summed E-state index contributed by atoms with van der Waals surface area (Å²) < 4.78 is 4.71. The third-order valence-corrected chi connectivity index (χ3v) is 0.615. The molecule has 0 bridgehead atoms. The van der Waals surface area contributed by atoms with E-state index in [9.17, 15) is 0 Å². The van der Waals surface area contributed by atoms with Gasteiger partial charge >= 0.3 is 0 Å². The second-order valence-corrected chi connectivity index (χ2v) is 1.58. The van der Waals surface area contributed by atoms with Crippen molar-refractivity contribution in [3.05, 3.63) is 37.1 Å². The normalized spacial score (nSPS) is 7.08. The predicted octanol–water partition coefficient (Wildman–Crippen LogP) is 2.49. The van der Waals surface area contributed by atoms with Crippen LogP contribution in [0.25, 0.3) is 0 Å². The molecule has 0 atom stereocenters. The van der Waals surface area contributed by atoms with Gasteiger partial charge in [-0.15, -0.1) is 6.58 Å². The van der Waals surface area contributed by atoms with Crippen molar-refractivity contribution >= 4 is 0 Å². The maximum atomic E-state index is 4.71. The summed E-state index contributed by atoms with van der Waals surface area (Å²) >= 11 is 0. The number of ether oxygens (including phenoxy) is 1. The van der Waals surface area contributed by atoms with Gasteiger partial charge in [-0.2, -0.15) is 0 Å². The molecule has 0 heterocycles. The monoisotopic (exact) mass is 171 g/mol. The van der Waals surface area contributed by atoms with E-state index in [1.54, 1.807) is 19.3 Å². The summed E-state index contributed by atoms with van der Waals surface area (Å²) in [7, 11) is 3.10. The van der Waals surface area contributed by atoms with Crippen molar-refractivity contribution in [3.63, 3.8) is 0 Å². The molecule has 0 unspecified atom stereocenters. The van der Waals surface area contributed by atoms with Gasteiger partial charge in [-0.1, -0.05) is 18.7 Å². The largest absolute Gasteiger partial charge is 0.497 e. The molecule has 0 aromatic heterocycles. The average Bonchev–Trinajstić information content (AvgIpc) is 2.10. The van der Waals surface area contributed by atoms with Crippen molar-refractivity contribution in [2.45, 2.75) is 13.8 Å². The Morgan fingerprint density at radius 3 is 1.75 bits per heavy atom. The third kappa shape index (κ3) is 36.1. The van der Waals surface area contributed by atoms with Crippen LogP contribution < -0.4 is 5.73 Å². The molecule has 0 aliphatic heterocycles. The molecule has 2 nitrogen and oxygen atoms in total. The van der Waals surface area contributed by atoms with Crippen LogP contribution in [0.5, 0.6) is 0 Å². The minimum atomic E-state index is 0.697. The first-order chi connectivity index (χ1) is 5.72. The number of allylic oxidation sites excluding steroid dienone is 3. The first-order valence-electron chi connectivity index (χ1n) is 3.73. The highest BCUT2D eigenvalue weighted by Gasteiger charge is 1.74. The summed E-state index contributed by atoms with van der Waals surface area (Å²) in [5.41, 5.74) is 4.50. The van der Waals surface area contributed by atoms with E-state index in [2.05, 4.69) is 18.9 Å². The highest BCUT2D eigenvalue weighted by Crippen LogP contribution is 1.89. The van der Waals surface area contributed by atoms with Gasteiger partial charge in [-0.3, -0.25) is 0 Å². The Kier molecular flexibility index (Phi) is 32.2. The van der Waals surface area contributed by atoms with Gasteiger partial charge < -0.3 is 10.5 Å². The Morgan fingerprint density at radius 2 is 1.67 bits per heavy atom. The quantitative estimate of drug-likeness (QED) is 0.393. The Hall–Kier alpha value is -1.02. The van der Waals surface area contributed by atoms with Crippen LogP contribution in [0.1, 0.15) is 13.8 Å². The lowest BCUT2D eigenvalue weighted by Crippen LogP contribution is -1.74. The van der Waals surface area contributed by atoms with Gasteiger partial charge in [0, 0.05) is 0 Å². The molecular weight excluding hydrogens is 150 g/mol. The van der Waals surface area contributed by atoms with Crippen LogP contribution in [0.2, 0.25) is 0 Å². The molecule has 0 fully saturated rings. The van der Waals surface area contributed by atoms with E-state index in [-0.39, 0.29) is 0 Å². The number of hydrogen-bond donors (Lipinski definition) is 1. The van der Waals surface area contributed by atoms with Gasteiger partial charge in [0.15, 0.2) is 0 Å². The third-order valence-electron chi connectivity index (χ3n) is 0.615. The molecule has 0 aromatic rings. The van der Waals surface area contributed by atoms with Crippen molar-refractivity contribution in [1.29, 1.82) is 0 Å². The van der Waals surface area contributed by atoms with Crippen LogP contribution in [0.3, 0.4) is 0 Å². The van der Waals surface area contributed by atoms with Crippen molar-refractivity contribution in [2.75, 3.05) is 14.2 Å². The van der Waals surface area contributed by atoms with E-state index >= 15 is 0 Å². The molecule has 0 saturated carbocycles. The lowest BCUT2D eigenvalue weighted by Gasteiger charge is -1.91. The van der Waals surface area contributed by atoms with Gasteiger partial charge in [-0.05, 0) is 27.0 Å². The molecule has 0 aliphatic carbocycles. The lowest BCUT2D eigenvalue weighted by atomic mass is 10.5. The minimum Gasteiger partial charge on any atom is -0.497 e. The summed E-state index contributed by atoms with van der Waals surface area (Å²) in [5.74, 6) is 0.697. The van der Waals surface area contributed by atoms with Crippen LogP contribution in [0.4, 0.5) is 0 Å². The van der Waals surface area contributed by atoms with Crippen LogP contribution in [0.15, 0.2) is 37.1 Å². The van der Waals surface area contributed by atoms with Gasteiger partial charge in [0.25, 0.3) is 0 Å². The highest BCUT2D eigenvalue weighted by molar-refractivity contribution is 5.04. The first kappa shape index (κ1) is 17.2. The molecular formula is C10H21NO. The van der Waals surface area contributed by atoms with Crippen LogP contribution in [0, 0.1) is 0 Å². The summed E-state index contributed by atoms with van der Waals surface area (Å²) in [6, 6.07) is 0. The minimum absolute atomic E-state index is 0.697. The van der Waals surface area contributed by atoms with Crippen LogP contribution >= 0.6 is 0 Å². The van der Waals surface area contributed by atoms with Crippen molar-refractivity contribution in [2.24, 2.45) is 5.73 Å². The summed E-state index contributed by atoms with van der Waals surface area (Å²) in [6.07, 6.45) is 5.44. The molecule has 0 spiro atoms. The molecule has 2 heteroatoms. The second kappa shape index (κ2) is 22.5. The number of rotatable bonds is 2. The van der Waals surface area contributed by atoms with Crippen molar-refractivity contribution in [1.82, 2.24) is 0 Å². The maximum absolute atomic E-state index is 4.71. The summed E-state index contributed by atoms with van der Waals surface area (Å²) in [4.78, 5) is 0. The lowest BCUT2D eigenvalue weighted by molar-refractivity contribution is 0.309. The molecule has 0 amide bonds. The van der Waals surface area contributed by atoms with Crippen LogP contribution in [-0.4, -0.2) is 14.2 Å². The van der Waals surface area contributed by atoms with Crippen molar-refractivity contribution < 1.29 is 4.74 Å². The Bertz CT molecular complexity index is 117. The fourth-order valence-corrected chi connectivity index (χ4v) is 0.254. The molecule has 0 saturated heterocycles. The first-order valence-corrected chi connectivity index (χ1v) is 3.73. The summed E-state index contributed by atoms with van der Waals surface area (Å²) in [6.45, 7) is 10.7.